The second kappa shape index (κ2) is 10.9. The summed E-state index contributed by atoms with van der Waals surface area (Å²) in [7, 11) is 0. The van der Waals surface area contributed by atoms with E-state index in [4.69, 9.17) is 4.74 Å². The summed E-state index contributed by atoms with van der Waals surface area (Å²) in [5.74, 6) is 0.655. The molecule has 1 saturated heterocycles. The van der Waals surface area contributed by atoms with Crippen LogP contribution < -0.4 is 10.1 Å². The second-order valence-electron chi connectivity index (χ2n) is 7.25. The van der Waals surface area contributed by atoms with Crippen molar-refractivity contribution in [1.29, 1.82) is 0 Å². The molecule has 1 atom stereocenters. The highest BCUT2D eigenvalue weighted by molar-refractivity contribution is 7.12. The van der Waals surface area contributed by atoms with E-state index >= 15 is 0 Å². The molecule has 0 radical (unpaired) electrons. The van der Waals surface area contributed by atoms with Crippen LogP contribution in [-0.2, 0) is 9.59 Å². The zero-order chi connectivity index (χ0) is 21.3. The summed E-state index contributed by atoms with van der Waals surface area (Å²) in [6.07, 6.45) is 2.51. The van der Waals surface area contributed by atoms with E-state index in [-0.39, 0.29) is 49.4 Å². The molecule has 1 aromatic carbocycles. The lowest BCUT2D eigenvalue weighted by Gasteiger charge is -2.25. The Morgan fingerprint density at radius 1 is 1.13 bits per heavy atom. The molecule has 0 aliphatic carbocycles. The van der Waals surface area contributed by atoms with Gasteiger partial charge in [-0.05, 0) is 48.9 Å². The lowest BCUT2D eigenvalue weighted by molar-refractivity contribution is -0.132. The summed E-state index contributed by atoms with van der Waals surface area (Å²) < 4.78 is 5.49. The van der Waals surface area contributed by atoms with Crippen LogP contribution in [0.15, 0.2) is 41.8 Å². The van der Waals surface area contributed by atoms with Gasteiger partial charge < -0.3 is 15.0 Å². The number of nitrogens with one attached hydrogen (secondary N) is 1. The SMILES string of the molecule is CCOc1ccc(C2CCCN2C(=O)CCNC(=O)CCC(=O)c2cccs2)cc1. The van der Waals surface area contributed by atoms with Gasteiger partial charge >= 0.3 is 0 Å². The summed E-state index contributed by atoms with van der Waals surface area (Å²) in [4.78, 5) is 39.2. The zero-order valence-corrected chi connectivity index (χ0v) is 18.1. The molecule has 6 nitrogen and oxygen atoms in total. The van der Waals surface area contributed by atoms with E-state index in [1.165, 1.54) is 11.3 Å². The van der Waals surface area contributed by atoms with Crippen LogP contribution in [0.2, 0.25) is 0 Å². The van der Waals surface area contributed by atoms with Gasteiger partial charge in [-0.2, -0.15) is 0 Å². The number of ketones is 1. The lowest BCUT2D eigenvalue weighted by Crippen LogP contribution is -2.34. The summed E-state index contributed by atoms with van der Waals surface area (Å²) in [6.45, 7) is 3.60. The zero-order valence-electron chi connectivity index (χ0n) is 17.3. The number of thiophene rings is 1. The molecule has 1 N–H and O–H groups in total. The molecule has 1 aliphatic heterocycles. The van der Waals surface area contributed by atoms with Gasteiger partial charge in [-0.3, -0.25) is 14.4 Å². The molecule has 2 amide bonds. The first-order chi connectivity index (χ1) is 14.6. The van der Waals surface area contributed by atoms with Gasteiger partial charge in [0.2, 0.25) is 11.8 Å². The molecule has 7 heteroatoms. The second-order valence-corrected chi connectivity index (χ2v) is 8.20. The predicted molar refractivity (Wildman–Crippen MR) is 117 cm³/mol. The summed E-state index contributed by atoms with van der Waals surface area (Å²) >= 11 is 1.38. The van der Waals surface area contributed by atoms with E-state index in [1.807, 2.05) is 47.5 Å². The normalized spacial score (nSPS) is 15.8. The number of hydrogen-bond donors (Lipinski definition) is 1. The lowest BCUT2D eigenvalue weighted by atomic mass is 10.0. The minimum atomic E-state index is -0.197. The number of hydrogen-bond acceptors (Lipinski definition) is 5. The largest absolute Gasteiger partial charge is 0.494 e. The molecule has 1 aromatic heterocycles. The fourth-order valence-electron chi connectivity index (χ4n) is 3.69. The van der Waals surface area contributed by atoms with Crippen molar-refractivity contribution in [2.24, 2.45) is 0 Å². The third-order valence-corrected chi connectivity index (χ3v) is 6.10. The third-order valence-electron chi connectivity index (χ3n) is 5.19. The fraction of sp³-hybridized carbons (Fsp3) is 0.435. The molecule has 1 aliphatic rings. The minimum Gasteiger partial charge on any atom is -0.494 e. The van der Waals surface area contributed by atoms with Crippen molar-refractivity contribution < 1.29 is 19.1 Å². The van der Waals surface area contributed by atoms with Crippen LogP contribution in [0.25, 0.3) is 0 Å². The van der Waals surface area contributed by atoms with Crippen molar-refractivity contribution in [2.75, 3.05) is 19.7 Å². The molecule has 0 saturated carbocycles. The molecular weight excluding hydrogens is 400 g/mol. The molecule has 30 heavy (non-hydrogen) atoms. The maximum Gasteiger partial charge on any atom is 0.224 e. The number of Topliss-reactive ketones (excluding diaryl/α,β-unsaturated/α-hetero) is 1. The Morgan fingerprint density at radius 3 is 2.63 bits per heavy atom. The van der Waals surface area contributed by atoms with Crippen LogP contribution in [-0.4, -0.2) is 42.2 Å². The van der Waals surface area contributed by atoms with E-state index in [2.05, 4.69) is 5.32 Å². The predicted octanol–water partition coefficient (Wildman–Crippen LogP) is 3.98. The number of ether oxygens (including phenoxy) is 1. The van der Waals surface area contributed by atoms with Crippen LogP contribution in [0.3, 0.4) is 0 Å². The monoisotopic (exact) mass is 428 g/mol. The average Bonchev–Trinajstić information content (AvgIpc) is 3.45. The van der Waals surface area contributed by atoms with Crippen molar-refractivity contribution in [1.82, 2.24) is 10.2 Å². The topological polar surface area (TPSA) is 75.7 Å². The van der Waals surface area contributed by atoms with Crippen LogP contribution >= 0.6 is 11.3 Å². The van der Waals surface area contributed by atoms with Gasteiger partial charge in [0.25, 0.3) is 0 Å². The van der Waals surface area contributed by atoms with Gasteiger partial charge in [-0.1, -0.05) is 18.2 Å². The van der Waals surface area contributed by atoms with Crippen LogP contribution in [0, 0.1) is 0 Å². The van der Waals surface area contributed by atoms with Crippen molar-refractivity contribution >= 4 is 28.9 Å². The first kappa shape index (κ1) is 22.0. The van der Waals surface area contributed by atoms with Crippen molar-refractivity contribution in [3.8, 4) is 5.75 Å². The van der Waals surface area contributed by atoms with Gasteiger partial charge in [0.15, 0.2) is 5.78 Å². The average molecular weight is 429 g/mol. The summed E-state index contributed by atoms with van der Waals surface area (Å²) in [6, 6.07) is 11.6. The maximum atomic E-state index is 12.7. The van der Waals surface area contributed by atoms with Gasteiger partial charge in [0.1, 0.15) is 5.75 Å². The number of carbonyl (C=O) groups is 3. The number of likely N-dealkylation sites (tertiary alicyclic amines) is 1. The minimum absolute atomic E-state index is 0.0218. The Hall–Kier alpha value is -2.67. The van der Waals surface area contributed by atoms with Crippen molar-refractivity contribution in [3.63, 3.8) is 0 Å². The number of amides is 2. The molecule has 160 valence electrons. The number of carbonyl (C=O) groups excluding carboxylic acids is 3. The molecule has 0 bridgehead atoms. The first-order valence-electron chi connectivity index (χ1n) is 10.4. The summed E-state index contributed by atoms with van der Waals surface area (Å²) in [5, 5.41) is 4.61. The Kier molecular flexibility index (Phi) is 8.02. The Balaban J connectivity index is 1.42. The highest BCUT2D eigenvalue weighted by Crippen LogP contribution is 2.33. The molecule has 1 unspecified atom stereocenters. The van der Waals surface area contributed by atoms with Gasteiger partial charge in [0.05, 0.1) is 17.5 Å². The van der Waals surface area contributed by atoms with Crippen LogP contribution in [0.4, 0.5) is 0 Å². The van der Waals surface area contributed by atoms with Crippen molar-refractivity contribution in [3.05, 3.63) is 52.2 Å². The number of nitrogens with zero attached hydrogens (tertiary/aromatic N) is 1. The van der Waals surface area contributed by atoms with E-state index in [0.717, 1.165) is 30.7 Å². The standard InChI is InChI=1S/C23H28N2O4S/c1-2-29-18-9-7-17(8-10-18)19-5-3-15-25(19)23(28)13-14-24-22(27)12-11-20(26)21-6-4-16-30-21/h4,6-10,16,19H,2-3,5,11-15H2,1H3,(H,24,27). The van der Waals surface area contributed by atoms with Gasteiger partial charge in [-0.25, -0.2) is 0 Å². The molecule has 0 spiro atoms. The van der Waals surface area contributed by atoms with E-state index in [9.17, 15) is 14.4 Å². The third kappa shape index (κ3) is 5.92. The Morgan fingerprint density at radius 2 is 1.93 bits per heavy atom. The molecule has 2 heterocycles. The van der Waals surface area contributed by atoms with E-state index < -0.39 is 0 Å². The maximum absolute atomic E-state index is 12.7. The quantitative estimate of drug-likeness (QED) is 0.581. The fourth-order valence-corrected chi connectivity index (χ4v) is 4.39. The Bertz CT molecular complexity index is 849. The molecule has 1 fully saturated rings. The van der Waals surface area contributed by atoms with Crippen molar-refractivity contribution in [2.45, 2.75) is 45.1 Å². The molecular formula is C23H28N2O4S. The molecule has 3 rings (SSSR count). The van der Waals surface area contributed by atoms with Crippen LogP contribution in [0.5, 0.6) is 5.75 Å². The number of rotatable bonds is 10. The Labute approximate surface area is 181 Å². The van der Waals surface area contributed by atoms with E-state index in [1.54, 1.807) is 6.07 Å². The van der Waals surface area contributed by atoms with E-state index in [0.29, 0.717) is 11.5 Å². The highest BCUT2D eigenvalue weighted by Gasteiger charge is 2.29. The van der Waals surface area contributed by atoms with Crippen LogP contribution in [0.1, 0.15) is 60.3 Å². The molecule has 2 aromatic rings. The first-order valence-corrected chi connectivity index (χ1v) is 11.3. The summed E-state index contributed by atoms with van der Waals surface area (Å²) in [5.41, 5.74) is 1.11. The number of benzene rings is 1. The van der Waals surface area contributed by atoms with Gasteiger partial charge in [0, 0.05) is 32.4 Å². The van der Waals surface area contributed by atoms with Gasteiger partial charge in [-0.15, -0.1) is 11.3 Å². The highest BCUT2D eigenvalue weighted by atomic mass is 32.1. The smallest absolute Gasteiger partial charge is 0.224 e.